The Bertz CT molecular complexity index is 361. The first-order chi connectivity index (χ1) is 11.7. The van der Waals surface area contributed by atoms with Crippen LogP contribution in [0, 0.1) is 5.92 Å². The van der Waals surface area contributed by atoms with Crippen LogP contribution < -0.4 is 5.32 Å². The lowest BCUT2D eigenvalue weighted by Gasteiger charge is -2.22. The summed E-state index contributed by atoms with van der Waals surface area (Å²) >= 11 is 0. The number of hydrogen-bond acceptors (Lipinski definition) is 6. The van der Waals surface area contributed by atoms with Gasteiger partial charge in [-0.05, 0) is 39.0 Å². The highest BCUT2D eigenvalue weighted by molar-refractivity contribution is 5.94. The maximum atomic E-state index is 11.0. The van der Waals surface area contributed by atoms with Crippen LogP contribution in [0.15, 0.2) is 12.3 Å². The topological polar surface area (TPSA) is 107 Å². The second kappa shape index (κ2) is 19.6. The van der Waals surface area contributed by atoms with Crippen molar-refractivity contribution in [1.29, 1.82) is 0 Å². The molecule has 1 aliphatic carbocycles. The molecule has 2 unspecified atom stereocenters. The van der Waals surface area contributed by atoms with Gasteiger partial charge in [0.2, 0.25) is 6.41 Å². The third-order valence-corrected chi connectivity index (χ3v) is 3.33. The van der Waals surface area contributed by atoms with E-state index in [0.29, 0.717) is 12.5 Å². The molecule has 7 heteroatoms. The summed E-state index contributed by atoms with van der Waals surface area (Å²) in [5.74, 6) is -1.04. The number of carbonyl (C=O) groups is 3. The normalized spacial score (nSPS) is 17.8. The summed E-state index contributed by atoms with van der Waals surface area (Å²) in [6, 6.07) is 0.533. The highest BCUT2D eigenvalue weighted by Gasteiger charge is 2.24. The number of aliphatic hydroxyl groups is 2. The SMILES string of the molecule is C.C=O.CC.CC(C)(O)O.CCC1CCC(N(C)/C=C\C(=O)NC=O)C1. The maximum Gasteiger partial charge on any atom is 0.251 e. The van der Waals surface area contributed by atoms with E-state index in [-0.39, 0.29) is 13.3 Å². The lowest BCUT2D eigenvalue weighted by molar-refractivity contribution is -0.127. The molecule has 0 aromatic heterocycles. The monoisotopic (exact) mass is 376 g/mol. The summed E-state index contributed by atoms with van der Waals surface area (Å²) in [6.07, 6.45) is 8.45. The Morgan fingerprint density at radius 2 is 1.73 bits per heavy atom. The Hall–Kier alpha value is -1.73. The number of hydrogen-bond donors (Lipinski definition) is 3. The van der Waals surface area contributed by atoms with Crippen molar-refractivity contribution < 1.29 is 24.6 Å². The molecule has 1 rings (SSSR count). The standard InChI is InChI=1S/C12H20N2O2.C3H8O2.C2H6.CH2O.CH4/c1-3-10-4-5-11(8-10)14(2)7-6-12(16)13-9-15;1-3(2,4)5;2*1-2;/h6-7,9-11H,3-5,8H2,1-2H3,(H,13,15,16);4-5H,1-2H3;1-2H3;1H2;1H4/b7-6-;;;;. The van der Waals surface area contributed by atoms with Crippen molar-refractivity contribution in [3.63, 3.8) is 0 Å². The van der Waals surface area contributed by atoms with Gasteiger partial charge in [0.05, 0.1) is 0 Å². The van der Waals surface area contributed by atoms with Crippen LogP contribution in [0.5, 0.6) is 0 Å². The summed E-state index contributed by atoms with van der Waals surface area (Å²) in [7, 11) is 1.98. The van der Waals surface area contributed by atoms with Gasteiger partial charge in [0.25, 0.3) is 5.91 Å². The minimum Gasteiger partial charge on any atom is -0.377 e. The molecule has 0 spiro atoms. The van der Waals surface area contributed by atoms with Gasteiger partial charge in [-0.3, -0.25) is 14.9 Å². The molecule has 1 fully saturated rings. The van der Waals surface area contributed by atoms with Crippen molar-refractivity contribution in [2.75, 3.05) is 7.05 Å². The number of carbonyl (C=O) groups excluding carboxylic acids is 3. The van der Waals surface area contributed by atoms with E-state index in [4.69, 9.17) is 15.0 Å². The van der Waals surface area contributed by atoms with E-state index >= 15 is 0 Å². The lowest BCUT2D eigenvalue weighted by atomic mass is 10.1. The summed E-state index contributed by atoms with van der Waals surface area (Å²) in [5.41, 5.74) is 0. The highest BCUT2D eigenvalue weighted by atomic mass is 16.5. The first-order valence-corrected chi connectivity index (χ1v) is 8.55. The molecule has 2 atom stereocenters. The zero-order valence-electron chi connectivity index (χ0n) is 16.5. The molecule has 3 N–H and O–H groups in total. The van der Waals surface area contributed by atoms with Crippen molar-refractivity contribution in [1.82, 2.24) is 10.2 Å². The smallest absolute Gasteiger partial charge is 0.251 e. The van der Waals surface area contributed by atoms with Crippen LogP contribution in [0.2, 0.25) is 0 Å². The van der Waals surface area contributed by atoms with Gasteiger partial charge in [-0.2, -0.15) is 0 Å². The predicted molar refractivity (Wildman–Crippen MR) is 106 cm³/mol. The minimum atomic E-state index is -1.50. The highest BCUT2D eigenvalue weighted by Crippen LogP contribution is 2.30. The van der Waals surface area contributed by atoms with Crippen LogP contribution in [0.1, 0.15) is 67.7 Å². The number of rotatable bonds is 5. The van der Waals surface area contributed by atoms with Gasteiger partial charge in [0, 0.05) is 25.4 Å². The fraction of sp³-hybridized carbons (Fsp3) is 0.737. The predicted octanol–water partition coefficient (Wildman–Crippen LogP) is 2.47. The molecule has 0 aromatic rings. The summed E-state index contributed by atoms with van der Waals surface area (Å²) < 4.78 is 0. The largest absolute Gasteiger partial charge is 0.377 e. The summed E-state index contributed by atoms with van der Waals surface area (Å²) in [4.78, 5) is 31.1. The Labute approximate surface area is 159 Å². The molecule has 2 amide bonds. The third kappa shape index (κ3) is 22.3. The van der Waals surface area contributed by atoms with Crippen LogP contribution in [0.4, 0.5) is 0 Å². The molecule has 156 valence electrons. The molecule has 0 aliphatic heterocycles. The lowest BCUT2D eigenvalue weighted by Crippen LogP contribution is -2.25. The van der Waals surface area contributed by atoms with Crippen molar-refractivity contribution in [3.05, 3.63) is 12.3 Å². The maximum absolute atomic E-state index is 11.0. The molecular weight excluding hydrogens is 336 g/mol. The quantitative estimate of drug-likeness (QED) is 0.386. The van der Waals surface area contributed by atoms with E-state index in [9.17, 15) is 9.59 Å². The number of imide groups is 1. The van der Waals surface area contributed by atoms with Gasteiger partial charge in [-0.1, -0.05) is 34.6 Å². The zero-order chi connectivity index (χ0) is 20.5. The molecule has 26 heavy (non-hydrogen) atoms. The molecule has 1 aliphatic rings. The van der Waals surface area contributed by atoms with E-state index < -0.39 is 5.79 Å². The Kier molecular flexibility index (Phi) is 24.1. The van der Waals surface area contributed by atoms with Crippen LogP contribution >= 0.6 is 0 Å². The van der Waals surface area contributed by atoms with Gasteiger partial charge in [0.15, 0.2) is 5.79 Å². The van der Waals surface area contributed by atoms with E-state index in [1.807, 2.05) is 27.7 Å². The van der Waals surface area contributed by atoms with Gasteiger partial charge in [-0.15, -0.1) is 0 Å². The van der Waals surface area contributed by atoms with Gasteiger partial charge in [0.1, 0.15) is 6.79 Å². The zero-order valence-corrected chi connectivity index (χ0v) is 16.5. The molecular formula is C19H40N2O5. The van der Waals surface area contributed by atoms with E-state index in [1.54, 1.807) is 6.20 Å². The first-order valence-electron chi connectivity index (χ1n) is 8.55. The molecule has 0 saturated heterocycles. The van der Waals surface area contributed by atoms with Crippen LogP contribution in [-0.2, 0) is 14.4 Å². The summed E-state index contributed by atoms with van der Waals surface area (Å²) in [6.45, 7) is 10.8. The molecule has 0 bridgehead atoms. The number of amides is 2. The second-order valence-corrected chi connectivity index (χ2v) is 5.84. The van der Waals surface area contributed by atoms with E-state index in [0.717, 1.165) is 5.92 Å². The number of nitrogens with zero attached hydrogens (tertiary/aromatic N) is 1. The Morgan fingerprint density at radius 1 is 1.27 bits per heavy atom. The van der Waals surface area contributed by atoms with Crippen molar-refractivity contribution in [2.45, 2.75) is 79.6 Å². The molecule has 1 saturated carbocycles. The van der Waals surface area contributed by atoms with Crippen LogP contribution in [0.25, 0.3) is 0 Å². The van der Waals surface area contributed by atoms with E-state index in [2.05, 4.69) is 17.1 Å². The fourth-order valence-electron chi connectivity index (χ4n) is 2.20. The molecule has 0 heterocycles. The Morgan fingerprint density at radius 3 is 2.08 bits per heavy atom. The first kappa shape index (κ1) is 32.0. The minimum absolute atomic E-state index is 0. The fourth-order valence-corrected chi connectivity index (χ4v) is 2.20. The second-order valence-electron chi connectivity index (χ2n) is 5.84. The van der Waals surface area contributed by atoms with Gasteiger partial charge < -0.3 is 19.9 Å². The molecule has 7 nitrogen and oxygen atoms in total. The van der Waals surface area contributed by atoms with E-state index in [1.165, 1.54) is 45.6 Å². The van der Waals surface area contributed by atoms with Crippen LogP contribution in [0.3, 0.4) is 0 Å². The average Bonchev–Trinajstić information content (AvgIpc) is 3.04. The molecule has 0 radical (unpaired) electrons. The average molecular weight is 377 g/mol. The van der Waals surface area contributed by atoms with Crippen molar-refractivity contribution in [3.8, 4) is 0 Å². The van der Waals surface area contributed by atoms with Crippen molar-refractivity contribution >= 4 is 19.1 Å². The summed E-state index contributed by atoms with van der Waals surface area (Å²) in [5, 5.41) is 18.2. The van der Waals surface area contributed by atoms with Gasteiger partial charge >= 0.3 is 0 Å². The van der Waals surface area contributed by atoms with Crippen molar-refractivity contribution in [2.24, 2.45) is 5.92 Å². The third-order valence-electron chi connectivity index (χ3n) is 3.33. The van der Waals surface area contributed by atoms with Crippen LogP contribution in [-0.4, -0.2) is 53.1 Å². The number of nitrogens with one attached hydrogen (secondary N) is 1. The van der Waals surface area contributed by atoms with Gasteiger partial charge in [-0.25, -0.2) is 0 Å². The Balaban J connectivity index is -0.000000206. The molecule has 0 aromatic carbocycles.